The Bertz CT molecular complexity index is 1960. The van der Waals surface area contributed by atoms with E-state index < -0.39 is 27.5 Å². The minimum absolute atomic E-state index is 0.296. The fourth-order valence-corrected chi connectivity index (χ4v) is 7.88. The van der Waals surface area contributed by atoms with Crippen molar-refractivity contribution in [3.05, 3.63) is 87.5 Å². The van der Waals surface area contributed by atoms with Crippen molar-refractivity contribution in [2.75, 3.05) is 31.1 Å². The molecule has 0 aliphatic carbocycles. The van der Waals surface area contributed by atoms with Crippen molar-refractivity contribution >= 4 is 21.5 Å². The van der Waals surface area contributed by atoms with Crippen LogP contribution in [0.5, 0.6) is 0 Å². The number of benzene rings is 2. The highest BCUT2D eigenvalue weighted by Gasteiger charge is 2.37. The van der Waals surface area contributed by atoms with E-state index in [-0.39, 0.29) is 11.5 Å². The molecule has 0 radical (unpaired) electrons. The fraction of sp³-hybridized carbons (Fsp3) is 0.424. The lowest BCUT2D eigenvalue weighted by atomic mass is 10.00. The van der Waals surface area contributed by atoms with Crippen LogP contribution in [0, 0.1) is 19.7 Å². The number of halogens is 1. The number of hydrogen-bond acceptors (Lipinski definition) is 7. The maximum absolute atomic E-state index is 14.7. The molecule has 1 amide bonds. The SMILES string of the molecule is Cc1cc(-n2nc3c(c2-n2ccn(-c4ccc(N=S5(=O)CCNCC5)cc4)c2=O)[C@H](C)N(C(=O)OC(C)(C)C)CC3)cc(C)c1F. The van der Waals surface area contributed by atoms with Gasteiger partial charge in [0.2, 0.25) is 0 Å². The first-order chi connectivity index (χ1) is 21.7. The zero-order valence-electron chi connectivity index (χ0n) is 27.0. The maximum atomic E-state index is 14.7. The Kier molecular flexibility index (Phi) is 8.18. The van der Waals surface area contributed by atoms with E-state index in [0.29, 0.717) is 71.6 Å². The molecule has 4 heterocycles. The zero-order valence-corrected chi connectivity index (χ0v) is 27.9. The molecule has 46 heavy (non-hydrogen) atoms. The van der Waals surface area contributed by atoms with E-state index in [1.807, 2.05) is 27.7 Å². The highest BCUT2D eigenvalue weighted by Crippen LogP contribution is 2.36. The van der Waals surface area contributed by atoms with Gasteiger partial charge < -0.3 is 15.0 Å². The molecule has 244 valence electrons. The number of nitrogens with one attached hydrogen (secondary N) is 1. The minimum Gasteiger partial charge on any atom is -0.444 e. The lowest BCUT2D eigenvalue weighted by Crippen LogP contribution is -2.42. The molecule has 0 saturated carbocycles. The van der Waals surface area contributed by atoms with Crippen LogP contribution in [0.25, 0.3) is 17.2 Å². The lowest BCUT2D eigenvalue weighted by molar-refractivity contribution is 0.0159. The van der Waals surface area contributed by atoms with E-state index in [9.17, 15) is 18.2 Å². The van der Waals surface area contributed by atoms with Crippen LogP contribution in [0.2, 0.25) is 0 Å². The number of amides is 1. The van der Waals surface area contributed by atoms with Crippen LogP contribution in [0.4, 0.5) is 14.9 Å². The van der Waals surface area contributed by atoms with Crippen molar-refractivity contribution in [2.45, 2.75) is 59.6 Å². The van der Waals surface area contributed by atoms with Crippen LogP contribution in [0.15, 0.2) is 57.9 Å². The second-order valence-corrected chi connectivity index (χ2v) is 15.5. The van der Waals surface area contributed by atoms with Gasteiger partial charge in [0, 0.05) is 55.5 Å². The standard InChI is InChI=1S/C33H40FN7O4S/c1-21-19-26(20-22(2)29(21)34)41-30(28-23(3)38(14-11-27(28)36-41)32(43)45-33(4,5)6)40-16-15-39(31(40)42)25-9-7-24(8-10-25)37-46(44)17-12-35-13-18-46/h7-10,15-16,19-20,23,35H,11-14,17-18H2,1-6H3/t23-/m0/s1. The van der Waals surface area contributed by atoms with Gasteiger partial charge in [0.15, 0.2) is 0 Å². The third kappa shape index (κ3) is 6.01. The molecule has 6 rings (SSSR count). The van der Waals surface area contributed by atoms with Gasteiger partial charge in [-0.1, -0.05) is 0 Å². The quantitative estimate of drug-likeness (QED) is 0.328. The molecule has 1 saturated heterocycles. The van der Waals surface area contributed by atoms with Crippen molar-refractivity contribution in [2.24, 2.45) is 4.36 Å². The summed E-state index contributed by atoms with van der Waals surface area (Å²) in [5.74, 6) is 1.19. The van der Waals surface area contributed by atoms with Gasteiger partial charge >= 0.3 is 11.8 Å². The predicted octanol–water partition coefficient (Wildman–Crippen LogP) is 5.13. The first kappa shape index (κ1) is 31.7. The second-order valence-electron chi connectivity index (χ2n) is 12.9. The maximum Gasteiger partial charge on any atom is 0.410 e. The molecule has 0 bridgehead atoms. The number of hydrogen-bond donors (Lipinski definition) is 1. The fourth-order valence-electron chi connectivity index (χ4n) is 6.06. The van der Waals surface area contributed by atoms with E-state index in [4.69, 9.17) is 9.84 Å². The van der Waals surface area contributed by atoms with Crippen LogP contribution in [-0.4, -0.2) is 70.9 Å². The molecule has 11 nitrogen and oxygen atoms in total. The molecule has 4 aromatic rings. The summed E-state index contributed by atoms with van der Waals surface area (Å²) in [7, 11) is -2.31. The van der Waals surface area contributed by atoms with Crippen LogP contribution in [0.1, 0.15) is 56.1 Å². The third-order valence-corrected chi connectivity index (χ3v) is 10.6. The first-order valence-corrected chi connectivity index (χ1v) is 17.3. The summed E-state index contributed by atoms with van der Waals surface area (Å²) >= 11 is 0. The number of ether oxygens (including phenoxy) is 1. The molecule has 2 aromatic heterocycles. The summed E-state index contributed by atoms with van der Waals surface area (Å²) in [6.45, 7) is 12.5. The monoisotopic (exact) mass is 649 g/mol. The number of imidazole rings is 1. The molecule has 1 fully saturated rings. The molecule has 2 aliphatic rings. The van der Waals surface area contributed by atoms with E-state index in [1.165, 1.54) is 9.13 Å². The van der Waals surface area contributed by atoms with E-state index >= 15 is 0 Å². The Labute approximate surface area is 268 Å². The van der Waals surface area contributed by atoms with Gasteiger partial charge in [-0.2, -0.15) is 9.46 Å². The van der Waals surface area contributed by atoms with Crippen molar-refractivity contribution in [3.63, 3.8) is 0 Å². The topological polar surface area (TPSA) is 116 Å². The van der Waals surface area contributed by atoms with Gasteiger partial charge in [-0.3, -0.25) is 9.13 Å². The van der Waals surface area contributed by atoms with Crippen LogP contribution < -0.4 is 11.0 Å². The average Bonchev–Trinajstić information content (AvgIpc) is 3.56. The van der Waals surface area contributed by atoms with Crippen LogP contribution >= 0.6 is 0 Å². The van der Waals surface area contributed by atoms with E-state index in [1.54, 1.807) is 72.2 Å². The van der Waals surface area contributed by atoms with Crippen molar-refractivity contribution in [3.8, 4) is 17.2 Å². The van der Waals surface area contributed by atoms with Gasteiger partial charge in [0.1, 0.15) is 17.2 Å². The normalized spacial score (nSPS) is 17.9. The summed E-state index contributed by atoms with van der Waals surface area (Å²) in [5, 5.41) is 8.14. The Morgan fingerprint density at radius 2 is 1.67 bits per heavy atom. The molecular formula is C33H40FN7O4S. The highest BCUT2D eigenvalue weighted by atomic mass is 32.2. The molecule has 0 unspecified atom stereocenters. The smallest absolute Gasteiger partial charge is 0.410 e. The molecule has 13 heteroatoms. The Morgan fingerprint density at radius 1 is 1.04 bits per heavy atom. The third-order valence-electron chi connectivity index (χ3n) is 8.34. The van der Waals surface area contributed by atoms with Crippen molar-refractivity contribution < 1.29 is 18.1 Å². The van der Waals surface area contributed by atoms with E-state index in [2.05, 4.69) is 9.68 Å². The largest absolute Gasteiger partial charge is 0.444 e. The van der Waals surface area contributed by atoms with Gasteiger partial charge in [-0.05, 0) is 89.1 Å². The van der Waals surface area contributed by atoms with Gasteiger partial charge in [-0.15, -0.1) is 0 Å². The summed E-state index contributed by atoms with van der Waals surface area (Å²) in [4.78, 5) is 29.0. The molecule has 0 spiro atoms. The minimum atomic E-state index is -2.31. The zero-order chi connectivity index (χ0) is 33.0. The Balaban J connectivity index is 1.45. The number of fused-ring (bicyclic) bond motifs is 1. The summed E-state index contributed by atoms with van der Waals surface area (Å²) in [6, 6.07) is 10.0. The highest BCUT2D eigenvalue weighted by molar-refractivity contribution is 7.93. The Morgan fingerprint density at radius 3 is 2.30 bits per heavy atom. The van der Waals surface area contributed by atoms with E-state index in [0.717, 1.165) is 11.3 Å². The number of rotatable bonds is 4. The van der Waals surface area contributed by atoms with Gasteiger partial charge in [0.25, 0.3) is 0 Å². The van der Waals surface area contributed by atoms with Crippen molar-refractivity contribution in [1.29, 1.82) is 0 Å². The first-order valence-electron chi connectivity index (χ1n) is 15.5. The average molecular weight is 650 g/mol. The molecule has 2 aromatic carbocycles. The number of aryl methyl sites for hydroxylation is 2. The lowest BCUT2D eigenvalue weighted by Gasteiger charge is -2.34. The Hall–Kier alpha value is -4.23. The molecular weight excluding hydrogens is 609 g/mol. The number of carbonyl (C=O) groups excluding carboxylic acids is 1. The molecule has 2 aliphatic heterocycles. The summed E-state index contributed by atoms with van der Waals surface area (Å²) in [6.07, 6.45) is 3.35. The number of nitrogens with zero attached hydrogens (tertiary/aromatic N) is 6. The number of aromatic nitrogens is 4. The predicted molar refractivity (Wildman–Crippen MR) is 176 cm³/mol. The molecule has 1 atom stereocenters. The van der Waals surface area contributed by atoms with Gasteiger partial charge in [-0.25, -0.2) is 22.9 Å². The van der Waals surface area contributed by atoms with Crippen molar-refractivity contribution in [1.82, 2.24) is 29.1 Å². The van der Waals surface area contributed by atoms with Gasteiger partial charge in [0.05, 0.1) is 38.5 Å². The number of carbonyl (C=O) groups is 1. The molecule has 1 N–H and O–H groups in total. The van der Waals surface area contributed by atoms with Crippen LogP contribution in [-0.2, 0) is 20.9 Å². The van der Waals surface area contributed by atoms with Crippen LogP contribution in [0.3, 0.4) is 0 Å². The summed E-state index contributed by atoms with van der Waals surface area (Å²) in [5.41, 5.74) is 3.18. The summed E-state index contributed by atoms with van der Waals surface area (Å²) < 4.78 is 42.7. The second kappa shape index (κ2) is 11.8.